The highest BCUT2D eigenvalue weighted by molar-refractivity contribution is 5.94. The second kappa shape index (κ2) is 13.9. The third-order valence-corrected chi connectivity index (χ3v) is 6.87. The molecule has 0 aliphatic heterocycles. The van der Waals surface area contributed by atoms with Crippen molar-refractivity contribution in [1.29, 1.82) is 0 Å². The van der Waals surface area contributed by atoms with Crippen molar-refractivity contribution in [2.75, 3.05) is 0 Å². The van der Waals surface area contributed by atoms with Crippen molar-refractivity contribution in [3.8, 4) is 5.75 Å². The molecule has 3 amide bonds. The van der Waals surface area contributed by atoms with Gasteiger partial charge in [-0.1, -0.05) is 48.5 Å². The molecule has 3 rings (SSSR count). The van der Waals surface area contributed by atoms with Gasteiger partial charge < -0.3 is 30.1 Å². The van der Waals surface area contributed by atoms with E-state index in [0.29, 0.717) is 12.8 Å². The van der Waals surface area contributed by atoms with E-state index in [-0.39, 0.29) is 23.8 Å². The molecule has 3 N–H and O–H groups in total. The lowest BCUT2D eigenvalue weighted by molar-refractivity contribution is -0.159. The van der Waals surface area contributed by atoms with Gasteiger partial charge in [0.15, 0.2) is 0 Å². The monoisotopic (exact) mass is 595 g/mol. The van der Waals surface area contributed by atoms with E-state index in [0.717, 1.165) is 12.0 Å². The molecule has 3 atom stereocenters. The third-order valence-electron chi connectivity index (χ3n) is 6.87. The number of ether oxygens (including phenoxy) is 2. The SMILES string of the molecule is CC(NC(=O)OC(C)(C)C)C(=O)N(C1CCC1)C(C(=O)NC(Cc1ccccc1)C(=O)OC(C)(C)C)c1ccccc1O. The van der Waals surface area contributed by atoms with Crippen LogP contribution in [0.4, 0.5) is 4.79 Å². The van der Waals surface area contributed by atoms with Crippen molar-refractivity contribution in [3.63, 3.8) is 0 Å². The molecule has 0 bridgehead atoms. The van der Waals surface area contributed by atoms with Gasteiger partial charge in [0, 0.05) is 18.0 Å². The van der Waals surface area contributed by atoms with E-state index >= 15 is 0 Å². The molecule has 0 saturated heterocycles. The maximum absolute atomic E-state index is 14.3. The van der Waals surface area contributed by atoms with E-state index < -0.39 is 53.2 Å². The number of amides is 3. The molecule has 2 aromatic rings. The summed E-state index contributed by atoms with van der Waals surface area (Å²) in [5.74, 6) is -1.97. The van der Waals surface area contributed by atoms with Gasteiger partial charge in [-0.3, -0.25) is 9.59 Å². The van der Waals surface area contributed by atoms with Gasteiger partial charge in [0.1, 0.15) is 35.1 Å². The fraction of sp³-hybridized carbons (Fsp3) is 0.515. The first-order valence-electron chi connectivity index (χ1n) is 14.7. The number of phenolic OH excluding ortho intramolecular Hbond substituents is 1. The Labute approximate surface area is 254 Å². The largest absolute Gasteiger partial charge is 0.508 e. The summed E-state index contributed by atoms with van der Waals surface area (Å²) in [6.07, 6.45) is 1.52. The summed E-state index contributed by atoms with van der Waals surface area (Å²) >= 11 is 0. The Morgan fingerprint density at radius 3 is 2.00 bits per heavy atom. The second-order valence-electron chi connectivity index (χ2n) is 12.9. The number of benzene rings is 2. The Hall–Kier alpha value is -4.08. The number of esters is 1. The van der Waals surface area contributed by atoms with Gasteiger partial charge >= 0.3 is 12.1 Å². The van der Waals surface area contributed by atoms with E-state index in [2.05, 4.69) is 10.6 Å². The summed E-state index contributed by atoms with van der Waals surface area (Å²) < 4.78 is 11.0. The summed E-state index contributed by atoms with van der Waals surface area (Å²) in [6, 6.07) is 11.8. The molecule has 0 spiro atoms. The average Bonchev–Trinajstić information content (AvgIpc) is 2.85. The maximum Gasteiger partial charge on any atom is 0.408 e. The first kappa shape index (κ1) is 33.4. The van der Waals surface area contributed by atoms with Crippen LogP contribution in [0, 0.1) is 0 Å². The number of nitrogens with zero attached hydrogens (tertiary/aromatic N) is 1. The number of hydrogen-bond acceptors (Lipinski definition) is 7. The number of para-hydroxylation sites is 1. The molecule has 3 unspecified atom stereocenters. The molecule has 2 aromatic carbocycles. The van der Waals surface area contributed by atoms with Gasteiger partial charge in [-0.05, 0) is 79.4 Å². The quantitative estimate of drug-likeness (QED) is 0.336. The number of aromatic hydroxyl groups is 1. The predicted octanol–water partition coefficient (Wildman–Crippen LogP) is 4.80. The van der Waals surface area contributed by atoms with E-state index in [4.69, 9.17) is 9.47 Å². The molecule has 10 nitrogen and oxygen atoms in total. The Kier molecular flexibility index (Phi) is 10.8. The van der Waals surface area contributed by atoms with E-state index in [1.54, 1.807) is 59.7 Å². The topological polar surface area (TPSA) is 134 Å². The third kappa shape index (κ3) is 9.73. The lowest BCUT2D eigenvalue weighted by Crippen LogP contribution is -2.58. The summed E-state index contributed by atoms with van der Waals surface area (Å²) in [5, 5.41) is 16.3. The van der Waals surface area contributed by atoms with Crippen LogP contribution < -0.4 is 10.6 Å². The minimum absolute atomic E-state index is 0.156. The number of carbonyl (C=O) groups is 4. The van der Waals surface area contributed by atoms with Crippen molar-refractivity contribution in [1.82, 2.24) is 15.5 Å². The first-order chi connectivity index (χ1) is 20.1. The van der Waals surface area contributed by atoms with Crippen LogP contribution in [0.1, 0.15) is 84.9 Å². The zero-order valence-corrected chi connectivity index (χ0v) is 26.2. The smallest absolute Gasteiger partial charge is 0.408 e. The molecule has 1 aliphatic rings. The zero-order chi connectivity index (χ0) is 31.9. The highest BCUT2D eigenvalue weighted by Crippen LogP contribution is 2.36. The molecule has 234 valence electrons. The molecule has 10 heteroatoms. The van der Waals surface area contributed by atoms with Gasteiger partial charge in [0.2, 0.25) is 11.8 Å². The lowest BCUT2D eigenvalue weighted by atomic mass is 9.88. The van der Waals surface area contributed by atoms with Crippen molar-refractivity contribution < 1.29 is 33.8 Å². The van der Waals surface area contributed by atoms with Crippen LogP contribution in [0.5, 0.6) is 5.75 Å². The second-order valence-corrected chi connectivity index (χ2v) is 12.9. The van der Waals surface area contributed by atoms with Crippen LogP contribution in [0.3, 0.4) is 0 Å². The number of alkyl carbamates (subject to hydrolysis) is 1. The van der Waals surface area contributed by atoms with Crippen LogP contribution >= 0.6 is 0 Å². The summed E-state index contributed by atoms with van der Waals surface area (Å²) in [6.45, 7) is 11.9. The van der Waals surface area contributed by atoms with Crippen LogP contribution in [0.25, 0.3) is 0 Å². The van der Waals surface area contributed by atoms with Gasteiger partial charge in [-0.25, -0.2) is 9.59 Å². The molecule has 0 aromatic heterocycles. The molecule has 0 radical (unpaired) electrons. The molecule has 1 saturated carbocycles. The highest BCUT2D eigenvalue weighted by atomic mass is 16.6. The number of carbonyl (C=O) groups excluding carboxylic acids is 4. The standard InChI is InChI=1S/C33H45N3O7/c1-21(34-31(41)43-33(5,6)7)29(39)36(23-16-13-17-23)27(24-18-11-12-19-26(24)37)28(38)35-25(30(40)42-32(2,3)4)20-22-14-9-8-10-15-22/h8-12,14-15,18-19,21,23,25,27,37H,13,16-17,20H2,1-7H3,(H,34,41)(H,35,38). The summed E-state index contributed by atoms with van der Waals surface area (Å²) in [5.41, 5.74) is -0.564. The van der Waals surface area contributed by atoms with Gasteiger partial charge in [-0.2, -0.15) is 0 Å². The molecule has 1 aliphatic carbocycles. The lowest BCUT2D eigenvalue weighted by Gasteiger charge is -2.43. The van der Waals surface area contributed by atoms with Crippen molar-refractivity contribution in [2.45, 2.75) is 110 Å². The molecule has 1 fully saturated rings. The minimum atomic E-state index is -1.29. The Bertz CT molecular complexity index is 1280. The highest BCUT2D eigenvalue weighted by Gasteiger charge is 2.43. The Balaban J connectivity index is 2.00. The van der Waals surface area contributed by atoms with Crippen LogP contribution in [-0.4, -0.2) is 63.2 Å². The number of phenols is 1. The van der Waals surface area contributed by atoms with Gasteiger partial charge in [-0.15, -0.1) is 0 Å². The van der Waals surface area contributed by atoms with Crippen LogP contribution in [0.15, 0.2) is 54.6 Å². The predicted molar refractivity (Wildman–Crippen MR) is 162 cm³/mol. The van der Waals surface area contributed by atoms with Crippen LogP contribution in [0.2, 0.25) is 0 Å². The molecular formula is C33H45N3O7. The van der Waals surface area contributed by atoms with Gasteiger partial charge in [0.05, 0.1) is 0 Å². The zero-order valence-electron chi connectivity index (χ0n) is 26.2. The molecule has 0 heterocycles. The van der Waals surface area contributed by atoms with Gasteiger partial charge in [0.25, 0.3) is 0 Å². The fourth-order valence-electron chi connectivity index (χ4n) is 4.76. The van der Waals surface area contributed by atoms with Crippen molar-refractivity contribution >= 4 is 23.9 Å². The van der Waals surface area contributed by atoms with E-state index in [9.17, 15) is 24.3 Å². The average molecular weight is 596 g/mol. The Morgan fingerprint density at radius 2 is 1.47 bits per heavy atom. The molecular weight excluding hydrogens is 550 g/mol. The summed E-state index contributed by atoms with van der Waals surface area (Å²) in [4.78, 5) is 55.5. The van der Waals surface area contributed by atoms with Crippen molar-refractivity contribution in [2.24, 2.45) is 0 Å². The van der Waals surface area contributed by atoms with E-state index in [1.807, 2.05) is 30.3 Å². The maximum atomic E-state index is 14.3. The van der Waals surface area contributed by atoms with Crippen LogP contribution in [-0.2, 0) is 30.3 Å². The number of rotatable bonds is 10. The Morgan fingerprint density at radius 1 is 0.884 bits per heavy atom. The minimum Gasteiger partial charge on any atom is -0.508 e. The fourth-order valence-corrected chi connectivity index (χ4v) is 4.76. The van der Waals surface area contributed by atoms with Crippen molar-refractivity contribution in [3.05, 3.63) is 65.7 Å². The normalized spacial score (nSPS) is 15.7. The number of nitrogens with one attached hydrogen (secondary N) is 2. The number of hydrogen-bond donors (Lipinski definition) is 3. The van der Waals surface area contributed by atoms with E-state index in [1.165, 1.54) is 17.9 Å². The molecule has 43 heavy (non-hydrogen) atoms. The summed E-state index contributed by atoms with van der Waals surface area (Å²) in [7, 11) is 0. The first-order valence-corrected chi connectivity index (χ1v) is 14.7.